The van der Waals surface area contributed by atoms with E-state index < -0.39 is 5.97 Å². The van der Waals surface area contributed by atoms with E-state index in [1.54, 1.807) is 6.08 Å². The normalized spacial score (nSPS) is 25.4. The summed E-state index contributed by atoms with van der Waals surface area (Å²) in [5.74, 6) is -1.27. The van der Waals surface area contributed by atoms with Gasteiger partial charge in [0.05, 0.1) is 0 Å². The van der Waals surface area contributed by atoms with E-state index in [2.05, 4.69) is 26.1 Å². The minimum Gasteiger partial charge on any atom is -0.451 e. The van der Waals surface area contributed by atoms with E-state index in [9.17, 15) is 14.4 Å². The molecule has 2 amide bonds. The minimum atomic E-state index is -0.717. The van der Waals surface area contributed by atoms with Gasteiger partial charge in [-0.25, -0.2) is 4.79 Å². The molecule has 1 saturated heterocycles. The molecular weight excluding hydrogens is 368 g/mol. The molecule has 3 rings (SSSR count). The molecule has 1 N–H and O–H groups in total. The molecule has 6 heteroatoms. The molecular formula is C23H30N2O4. The van der Waals surface area contributed by atoms with E-state index in [4.69, 9.17) is 4.74 Å². The zero-order chi connectivity index (χ0) is 21.2. The molecule has 1 heterocycles. The summed E-state index contributed by atoms with van der Waals surface area (Å²) in [5.41, 5.74) is 1.11. The number of nitrogens with zero attached hydrogens (tertiary/aromatic N) is 1. The molecule has 29 heavy (non-hydrogen) atoms. The Balaban J connectivity index is 1.65. The van der Waals surface area contributed by atoms with Crippen LogP contribution >= 0.6 is 0 Å². The van der Waals surface area contributed by atoms with Crippen LogP contribution < -0.4 is 5.32 Å². The number of ether oxygens (including phenoxy) is 1. The highest BCUT2D eigenvalue weighted by molar-refractivity contribution is 5.98. The molecule has 2 atom stereocenters. The molecule has 6 nitrogen and oxygen atoms in total. The summed E-state index contributed by atoms with van der Waals surface area (Å²) in [6.07, 6.45) is 4.60. The maximum atomic E-state index is 12.8. The van der Waals surface area contributed by atoms with Gasteiger partial charge in [-0.05, 0) is 41.7 Å². The molecule has 2 fully saturated rings. The smallest absolute Gasteiger partial charge is 0.355 e. The third kappa shape index (κ3) is 5.25. The maximum Gasteiger partial charge on any atom is 0.355 e. The van der Waals surface area contributed by atoms with Crippen LogP contribution in [0.1, 0.15) is 52.5 Å². The predicted octanol–water partition coefficient (Wildman–Crippen LogP) is 3.13. The van der Waals surface area contributed by atoms with Gasteiger partial charge in [-0.15, -0.1) is 0 Å². The van der Waals surface area contributed by atoms with Crippen LogP contribution in [-0.4, -0.2) is 41.9 Å². The second kappa shape index (κ2) is 8.01. The van der Waals surface area contributed by atoms with E-state index in [1.165, 1.54) is 6.92 Å². The zero-order valence-electron chi connectivity index (χ0n) is 17.7. The molecule has 0 radical (unpaired) electrons. The van der Waals surface area contributed by atoms with E-state index >= 15 is 0 Å². The van der Waals surface area contributed by atoms with Gasteiger partial charge in [0.15, 0.2) is 6.61 Å². The lowest BCUT2D eigenvalue weighted by molar-refractivity contribution is -0.150. The van der Waals surface area contributed by atoms with Crippen molar-refractivity contribution in [1.29, 1.82) is 0 Å². The van der Waals surface area contributed by atoms with Gasteiger partial charge in [0.1, 0.15) is 5.70 Å². The third-order valence-electron chi connectivity index (χ3n) is 5.70. The number of nitrogens with one attached hydrogen (secondary N) is 1. The monoisotopic (exact) mass is 398 g/mol. The van der Waals surface area contributed by atoms with Crippen LogP contribution in [0.3, 0.4) is 0 Å². The van der Waals surface area contributed by atoms with Crippen molar-refractivity contribution in [3.05, 3.63) is 41.6 Å². The largest absolute Gasteiger partial charge is 0.451 e. The van der Waals surface area contributed by atoms with Crippen molar-refractivity contribution in [2.45, 2.75) is 53.0 Å². The topological polar surface area (TPSA) is 75.7 Å². The number of hydrogen-bond acceptors (Lipinski definition) is 4. The number of carbonyl (C=O) groups excluding carboxylic acids is 3. The number of esters is 1. The SMILES string of the molecule is CC(=O)N/C(=C\c1ccccc1)C(=O)OCC(=O)N1C[C@@]2(C)C[C@@H]1CC(C)(C)C2. The van der Waals surface area contributed by atoms with Crippen molar-refractivity contribution < 1.29 is 19.1 Å². The Labute approximate surface area is 172 Å². The van der Waals surface area contributed by atoms with Crippen LogP contribution in [0.15, 0.2) is 36.0 Å². The standard InChI is InChI=1S/C23H30N2O4/c1-16(26)24-19(10-17-8-6-5-7-9-17)21(28)29-13-20(27)25-15-23(4)12-18(25)11-22(2,3)14-23/h5-10,18H,11-15H2,1-4H3,(H,24,26)/b19-10-/t18-,23-/m0/s1. The van der Waals surface area contributed by atoms with Gasteiger partial charge < -0.3 is 15.0 Å². The van der Waals surface area contributed by atoms with Crippen LogP contribution in [0.5, 0.6) is 0 Å². The Morgan fingerprint density at radius 2 is 1.86 bits per heavy atom. The third-order valence-corrected chi connectivity index (χ3v) is 5.70. The van der Waals surface area contributed by atoms with Gasteiger partial charge in [-0.2, -0.15) is 0 Å². The first kappa shape index (κ1) is 21.1. The van der Waals surface area contributed by atoms with Crippen LogP contribution in [-0.2, 0) is 19.1 Å². The lowest BCUT2D eigenvalue weighted by atomic mass is 9.65. The summed E-state index contributed by atoms with van der Waals surface area (Å²) in [5, 5.41) is 2.50. The fourth-order valence-corrected chi connectivity index (χ4v) is 5.09. The van der Waals surface area contributed by atoms with Crippen molar-refractivity contribution in [2.75, 3.05) is 13.2 Å². The average Bonchev–Trinajstić information content (AvgIpc) is 2.88. The second-order valence-electron chi connectivity index (χ2n) is 9.46. The van der Waals surface area contributed by atoms with Crippen LogP contribution in [0.25, 0.3) is 6.08 Å². The van der Waals surface area contributed by atoms with Crippen molar-refractivity contribution >= 4 is 23.9 Å². The molecule has 1 aliphatic carbocycles. The Morgan fingerprint density at radius 3 is 2.52 bits per heavy atom. The summed E-state index contributed by atoms with van der Waals surface area (Å²) in [6.45, 7) is 8.44. The number of hydrogen-bond donors (Lipinski definition) is 1. The summed E-state index contributed by atoms with van der Waals surface area (Å²) < 4.78 is 5.27. The van der Waals surface area contributed by atoms with Gasteiger partial charge in [-0.1, -0.05) is 51.1 Å². The minimum absolute atomic E-state index is 0.0183. The van der Waals surface area contributed by atoms with E-state index in [-0.39, 0.29) is 41.0 Å². The molecule has 1 aliphatic heterocycles. The summed E-state index contributed by atoms with van der Waals surface area (Å²) in [4.78, 5) is 38.7. The molecule has 0 unspecified atom stereocenters. The lowest BCUT2D eigenvalue weighted by Gasteiger charge is -2.39. The Hall–Kier alpha value is -2.63. The van der Waals surface area contributed by atoms with E-state index in [1.807, 2.05) is 35.2 Å². The van der Waals surface area contributed by atoms with Crippen molar-refractivity contribution in [2.24, 2.45) is 10.8 Å². The van der Waals surface area contributed by atoms with Crippen LogP contribution in [0, 0.1) is 10.8 Å². The van der Waals surface area contributed by atoms with Crippen LogP contribution in [0.2, 0.25) is 0 Å². The molecule has 0 spiro atoms. The number of benzene rings is 1. The number of carbonyl (C=O) groups is 3. The first-order chi connectivity index (χ1) is 13.6. The molecule has 156 valence electrons. The maximum absolute atomic E-state index is 12.8. The fourth-order valence-electron chi connectivity index (χ4n) is 5.09. The van der Waals surface area contributed by atoms with Crippen molar-refractivity contribution in [1.82, 2.24) is 10.2 Å². The predicted molar refractivity (Wildman–Crippen MR) is 110 cm³/mol. The average molecular weight is 399 g/mol. The fraction of sp³-hybridized carbons (Fsp3) is 0.522. The molecule has 1 saturated carbocycles. The number of rotatable bonds is 5. The van der Waals surface area contributed by atoms with Crippen molar-refractivity contribution in [3.8, 4) is 0 Å². The van der Waals surface area contributed by atoms with Gasteiger partial charge in [0.25, 0.3) is 5.91 Å². The van der Waals surface area contributed by atoms with Gasteiger partial charge in [-0.3, -0.25) is 9.59 Å². The quantitative estimate of drug-likeness (QED) is 0.611. The lowest BCUT2D eigenvalue weighted by Crippen LogP contribution is -2.40. The van der Waals surface area contributed by atoms with Gasteiger partial charge in [0.2, 0.25) is 5.91 Å². The first-order valence-corrected chi connectivity index (χ1v) is 10.1. The number of likely N-dealkylation sites (tertiary alicyclic amines) is 1. The summed E-state index contributed by atoms with van der Waals surface area (Å²) in [6, 6.07) is 9.35. The highest BCUT2D eigenvalue weighted by atomic mass is 16.5. The second-order valence-corrected chi connectivity index (χ2v) is 9.46. The molecule has 2 aliphatic rings. The van der Waals surface area contributed by atoms with E-state index in [0.717, 1.165) is 24.8 Å². The highest BCUT2D eigenvalue weighted by Gasteiger charge is 2.50. The summed E-state index contributed by atoms with van der Waals surface area (Å²) in [7, 11) is 0. The Kier molecular flexibility index (Phi) is 5.82. The summed E-state index contributed by atoms with van der Waals surface area (Å²) >= 11 is 0. The van der Waals surface area contributed by atoms with E-state index in [0.29, 0.717) is 6.54 Å². The molecule has 1 aromatic rings. The molecule has 1 aromatic carbocycles. The Morgan fingerprint density at radius 1 is 1.17 bits per heavy atom. The number of fused-ring (bicyclic) bond motifs is 2. The highest BCUT2D eigenvalue weighted by Crippen LogP contribution is 2.52. The zero-order valence-corrected chi connectivity index (χ0v) is 17.7. The van der Waals surface area contributed by atoms with Crippen molar-refractivity contribution in [3.63, 3.8) is 0 Å². The molecule has 0 aromatic heterocycles. The first-order valence-electron chi connectivity index (χ1n) is 10.1. The van der Waals surface area contributed by atoms with Gasteiger partial charge in [0, 0.05) is 19.5 Å². The number of amides is 2. The van der Waals surface area contributed by atoms with Crippen LogP contribution in [0.4, 0.5) is 0 Å². The molecule has 2 bridgehead atoms. The Bertz CT molecular complexity index is 831. The van der Waals surface area contributed by atoms with Gasteiger partial charge >= 0.3 is 5.97 Å².